The molecule has 0 amide bonds. The number of hydrogen-bond donors (Lipinski definition) is 3. The van der Waals surface area contributed by atoms with E-state index < -0.39 is 13.5 Å². The topological polar surface area (TPSA) is 93.3 Å². The van der Waals surface area contributed by atoms with E-state index in [1.54, 1.807) is 6.07 Å². The fraction of sp³-hybridized carbons (Fsp3) is 0.632. The van der Waals surface area contributed by atoms with E-state index in [1.165, 1.54) is 6.42 Å². The van der Waals surface area contributed by atoms with Crippen LogP contribution in [-0.2, 0) is 4.57 Å². The summed E-state index contributed by atoms with van der Waals surface area (Å²) < 4.78 is 12.4. The van der Waals surface area contributed by atoms with Crippen molar-refractivity contribution in [3.8, 4) is 6.07 Å². The molecule has 0 heterocycles. The lowest BCUT2D eigenvalue weighted by Gasteiger charge is -2.25. The molecule has 5 nitrogen and oxygen atoms in total. The normalized spacial score (nSPS) is 19.6. The van der Waals surface area contributed by atoms with Crippen molar-refractivity contribution in [2.75, 3.05) is 18.9 Å². The second kappa shape index (κ2) is 11.2. The molecule has 2 unspecified atom stereocenters. The van der Waals surface area contributed by atoms with Crippen molar-refractivity contribution in [2.45, 2.75) is 51.2 Å². The highest BCUT2D eigenvalue weighted by Crippen LogP contribution is 2.45. The Balaban J connectivity index is 0.00000338. The summed E-state index contributed by atoms with van der Waals surface area (Å²) in [4.78, 5) is 10.2. The zero-order chi connectivity index (χ0) is 18.3. The SMILES string of the molecule is Br.CC(NC[C@@H](O)CP(=O)(O)CC1CCCCC1)c1cccc(C#N)c1. The van der Waals surface area contributed by atoms with E-state index in [9.17, 15) is 14.6 Å². The van der Waals surface area contributed by atoms with Gasteiger partial charge in [0.25, 0.3) is 0 Å². The summed E-state index contributed by atoms with van der Waals surface area (Å²) in [7, 11) is -3.29. The molecule has 0 bridgehead atoms. The van der Waals surface area contributed by atoms with Gasteiger partial charge in [-0.2, -0.15) is 5.26 Å². The highest BCUT2D eigenvalue weighted by atomic mass is 79.9. The smallest absolute Gasteiger partial charge is 0.203 e. The van der Waals surface area contributed by atoms with Crippen LogP contribution in [0.3, 0.4) is 0 Å². The van der Waals surface area contributed by atoms with E-state index in [0.717, 1.165) is 31.2 Å². The summed E-state index contributed by atoms with van der Waals surface area (Å²) in [5.41, 5.74) is 1.56. The van der Waals surface area contributed by atoms with Gasteiger partial charge in [0.05, 0.1) is 23.9 Å². The van der Waals surface area contributed by atoms with Gasteiger partial charge in [-0.3, -0.25) is 4.57 Å². The molecular weight excluding hydrogens is 415 g/mol. The Morgan fingerprint density at radius 2 is 2.04 bits per heavy atom. The first-order valence-corrected chi connectivity index (χ1v) is 11.1. The van der Waals surface area contributed by atoms with E-state index in [0.29, 0.717) is 17.6 Å². The van der Waals surface area contributed by atoms with Crippen LogP contribution in [0.2, 0.25) is 0 Å². The Kier molecular flexibility index (Phi) is 10.1. The van der Waals surface area contributed by atoms with Gasteiger partial charge in [0, 0.05) is 18.7 Å². The second-order valence-corrected chi connectivity index (χ2v) is 9.66. The fourth-order valence-corrected chi connectivity index (χ4v) is 5.66. The molecule has 1 aliphatic rings. The van der Waals surface area contributed by atoms with Crippen LogP contribution in [0.15, 0.2) is 24.3 Å². The van der Waals surface area contributed by atoms with E-state index in [4.69, 9.17) is 5.26 Å². The average Bonchev–Trinajstić information content (AvgIpc) is 2.59. The summed E-state index contributed by atoms with van der Waals surface area (Å²) in [5.74, 6) is 0.331. The highest BCUT2D eigenvalue weighted by molar-refractivity contribution is 8.93. The third-order valence-corrected chi connectivity index (χ3v) is 7.02. The minimum absolute atomic E-state index is 0. The number of benzene rings is 1. The van der Waals surface area contributed by atoms with Gasteiger partial charge in [0.2, 0.25) is 7.37 Å². The number of nitriles is 1. The summed E-state index contributed by atoms with van der Waals surface area (Å²) in [6, 6.07) is 9.37. The zero-order valence-corrected chi connectivity index (χ0v) is 17.9. The van der Waals surface area contributed by atoms with Crippen molar-refractivity contribution in [1.29, 1.82) is 5.26 Å². The van der Waals surface area contributed by atoms with Gasteiger partial charge < -0.3 is 15.3 Å². The molecule has 0 spiro atoms. The molecule has 0 aliphatic heterocycles. The van der Waals surface area contributed by atoms with Gasteiger partial charge in [-0.1, -0.05) is 31.4 Å². The molecule has 0 radical (unpaired) electrons. The van der Waals surface area contributed by atoms with E-state index in [1.807, 2.05) is 25.1 Å². The maximum absolute atomic E-state index is 12.4. The maximum atomic E-state index is 12.4. The van der Waals surface area contributed by atoms with Gasteiger partial charge >= 0.3 is 0 Å². The third-order valence-electron chi connectivity index (χ3n) is 4.94. The van der Waals surface area contributed by atoms with Crippen molar-refractivity contribution < 1.29 is 14.6 Å². The predicted octanol–water partition coefficient (Wildman–Crippen LogP) is 4.00. The quantitative estimate of drug-likeness (QED) is 0.526. The van der Waals surface area contributed by atoms with Crippen molar-refractivity contribution in [2.24, 2.45) is 5.92 Å². The summed E-state index contributed by atoms with van der Waals surface area (Å²) in [5, 5.41) is 22.3. The molecule has 2 rings (SSSR count). The molecule has 1 aromatic carbocycles. The van der Waals surface area contributed by atoms with Crippen LogP contribution >= 0.6 is 24.4 Å². The number of hydrogen-bond acceptors (Lipinski definition) is 4. The summed E-state index contributed by atoms with van der Waals surface area (Å²) in [6.07, 6.45) is 5.02. The van der Waals surface area contributed by atoms with Crippen LogP contribution in [-0.4, -0.2) is 35.0 Å². The van der Waals surface area contributed by atoms with Crippen LogP contribution in [0.5, 0.6) is 0 Å². The number of halogens is 1. The molecule has 3 atom stereocenters. The van der Waals surface area contributed by atoms with E-state index >= 15 is 0 Å². The Labute approximate surface area is 167 Å². The maximum Gasteiger partial charge on any atom is 0.203 e. The molecule has 1 aliphatic carbocycles. The molecule has 0 saturated heterocycles. The fourth-order valence-electron chi connectivity index (χ4n) is 3.55. The molecule has 1 aromatic rings. The van der Waals surface area contributed by atoms with Crippen molar-refractivity contribution in [1.82, 2.24) is 5.32 Å². The van der Waals surface area contributed by atoms with E-state index in [2.05, 4.69) is 11.4 Å². The molecule has 0 aromatic heterocycles. The van der Waals surface area contributed by atoms with Gasteiger partial charge in [-0.15, -0.1) is 17.0 Å². The summed E-state index contributed by atoms with van der Waals surface area (Å²) >= 11 is 0. The molecule has 3 N–H and O–H groups in total. The van der Waals surface area contributed by atoms with Crippen LogP contribution in [0.1, 0.15) is 56.2 Å². The molecule has 146 valence electrons. The van der Waals surface area contributed by atoms with Gasteiger partial charge in [0.15, 0.2) is 0 Å². The first kappa shape index (κ1) is 23.3. The number of nitrogens with zero attached hydrogens (tertiary/aromatic N) is 1. The van der Waals surface area contributed by atoms with Crippen LogP contribution in [0.4, 0.5) is 0 Å². The molecular formula is C19H30BrN2O3P. The van der Waals surface area contributed by atoms with Gasteiger partial charge in [-0.25, -0.2) is 0 Å². The van der Waals surface area contributed by atoms with Crippen LogP contribution in [0, 0.1) is 17.2 Å². The average molecular weight is 445 g/mol. The van der Waals surface area contributed by atoms with E-state index in [-0.39, 0.29) is 35.7 Å². The zero-order valence-electron chi connectivity index (χ0n) is 15.3. The largest absolute Gasteiger partial charge is 0.391 e. The first-order valence-electron chi connectivity index (χ1n) is 9.12. The van der Waals surface area contributed by atoms with Crippen molar-refractivity contribution in [3.05, 3.63) is 35.4 Å². The van der Waals surface area contributed by atoms with Crippen LogP contribution < -0.4 is 5.32 Å². The Morgan fingerprint density at radius 1 is 1.35 bits per heavy atom. The Hall–Kier alpha value is -0.700. The standard InChI is InChI=1S/C19H29N2O3P.BrH/c1-15(18-9-5-8-17(10-18)11-20)21-12-19(22)14-25(23,24)13-16-6-3-2-4-7-16;/h5,8-10,15-16,19,21-22H,2-4,6-7,12-14H2,1H3,(H,23,24);1H/t15?,19-;/m1./s1. The lowest BCUT2D eigenvalue weighted by Crippen LogP contribution is -2.32. The van der Waals surface area contributed by atoms with Gasteiger partial charge in [-0.05, 0) is 43.4 Å². The molecule has 26 heavy (non-hydrogen) atoms. The molecule has 1 fully saturated rings. The second-order valence-electron chi connectivity index (χ2n) is 7.24. The first-order chi connectivity index (χ1) is 11.9. The lowest BCUT2D eigenvalue weighted by atomic mass is 9.91. The third kappa shape index (κ3) is 7.90. The number of aliphatic hydroxyl groups is 1. The minimum Gasteiger partial charge on any atom is -0.391 e. The molecule has 1 saturated carbocycles. The predicted molar refractivity (Wildman–Crippen MR) is 110 cm³/mol. The number of nitrogens with one attached hydrogen (secondary N) is 1. The Bertz CT molecular complexity index is 644. The van der Waals surface area contributed by atoms with Gasteiger partial charge in [0.1, 0.15) is 0 Å². The summed E-state index contributed by atoms with van der Waals surface area (Å²) in [6.45, 7) is 2.21. The minimum atomic E-state index is -3.29. The highest BCUT2D eigenvalue weighted by Gasteiger charge is 2.28. The monoisotopic (exact) mass is 444 g/mol. The number of rotatable bonds is 8. The Morgan fingerprint density at radius 3 is 2.69 bits per heavy atom. The van der Waals surface area contributed by atoms with Crippen molar-refractivity contribution in [3.63, 3.8) is 0 Å². The van der Waals surface area contributed by atoms with Crippen LogP contribution in [0.25, 0.3) is 0 Å². The van der Waals surface area contributed by atoms with Crippen molar-refractivity contribution >= 4 is 24.4 Å². The lowest BCUT2D eigenvalue weighted by molar-refractivity contribution is 0.186. The number of aliphatic hydroxyl groups excluding tert-OH is 1. The molecule has 7 heteroatoms.